The Morgan fingerprint density at radius 3 is 2.58 bits per heavy atom. The molecule has 2 aromatic carbocycles. The third kappa shape index (κ3) is 3.19. The number of rotatable bonds is 4. The number of methoxy groups -OCH3 is 2. The second-order valence-corrected chi connectivity index (χ2v) is 5.59. The van der Waals surface area contributed by atoms with E-state index in [-0.39, 0.29) is 45.8 Å². The Morgan fingerprint density at radius 2 is 1.88 bits per heavy atom. The normalized spacial score (nSPS) is 10.7. The lowest BCUT2D eigenvalue weighted by molar-refractivity contribution is -0.139. The number of aromatic hydroxyl groups is 2. The molecule has 7 nitrogen and oxygen atoms in total. The van der Waals surface area contributed by atoms with Crippen LogP contribution in [-0.4, -0.2) is 30.4 Å². The number of phenols is 2. The zero-order valence-electron chi connectivity index (χ0n) is 14.1. The van der Waals surface area contributed by atoms with Gasteiger partial charge in [0.2, 0.25) is 0 Å². The van der Waals surface area contributed by atoms with Gasteiger partial charge in [-0.1, -0.05) is 0 Å². The summed E-state index contributed by atoms with van der Waals surface area (Å²) < 4.78 is 15.4. The molecule has 3 rings (SSSR count). The van der Waals surface area contributed by atoms with E-state index < -0.39 is 5.97 Å². The van der Waals surface area contributed by atoms with Gasteiger partial charge in [-0.25, -0.2) is 0 Å². The summed E-state index contributed by atoms with van der Waals surface area (Å²) in [5, 5.41) is 19.8. The van der Waals surface area contributed by atoms with Gasteiger partial charge in [-0.05, 0) is 29.8 Å². The average molecular weight is 356 g/mol. The minimum Gasteiger partial charge on any atom is -0.508 e. The molecule has 0 aliphatic carbocycles. The first-order valence-electron chi connectivity index (χ1n) is 7.67. The summed E-state index contributed by atoms with van der Waals surface area (Å²) in [5.41, 5.74) is 0.595. The van der Waals surface area contributed by atoms with Crippen LogP contribution in [0.1, 0.15) is 5.56 Å². The maximum Gasteiger partial charge on any atom is 0.310 e. The van der Waals surface area contributed by atoms with Crippen molar-refractivity contribution < 1.29 is 28.9 Å². The minimum atomic E-state index is -0.538. The summed E-state index contributed by atoms with van der Waals surface area (Å²) in [4.78, 5) is 24.2. The van der Waals surface area contributed by atoms with Crippen LogP contribution in [0.2, 0.25) is 0 Å². The van der Waals surface area contributed by atoms with Crippen molar-refractivity contribution >= 4 is 16.9 Å². The van der Waals surface area contributed by atoms with Gasteiger partial charge in [-0.2, -0.15) is 0 Å². The van der Waals surface area contributed by atoms with E-state index in [2.05, 4.69) is 4.74 Å². The highest BCUT2D eigenvalue weighted by molar-refractivity contribution is 5.87. The predicted molar refractivity (Wildman–Crippen MR) is 93.5 cm³/mol. The monoisotopic (exact) mass is 356 g/mol. The van der Waals surface area contributed by atoms with Gasteiger partial charge in [0, 0.05) is 17.7 Å². The first-order valence-corrected chi connectivity index (χ1v) is 7.67. The molecule has 134 valence electrons. The number of carbonyl (C=O) groups excluding carboxylic acids is 1. The van der Waals surface area contributed by atoms with Crippen LogP contribution in [-0.2, 0) is 16.0 Å². The molecule has 0 bridgehead atoms. The van der Waals surface area contributed by atoms with Crippen LogP contribution in [0.4, 0.5) is 0 Å². The molecule has 0 fully saturated rings. The lowest BCUT2D eigenvalue weighted by atomic mass is 10.0. The fourth-order valence-electron chi connectivity index (χ4n) is 2.70. The van der Waals surface area contributed by atoms with Crippen molar-refractivity contribution in [3.63, 3.8) is 0 Å². The van der Waals surface area contributed by atoms with Crippen LogP contribution < -0.4 is 10.2 Å². The molecule has 0 saturated heterocycles. The molecule has 26 heavy (non-hydrogen) atoms. The van der Waals surface area contributed by atoms with E-state index in [1.54, 1.807) is 6.07 Å². The number of benzene rings is 2. The van der Waals surface area contributed by atoms with Gasteiger partial charge in [0.1, 0.15) is 17.1 Å². The molecule has 0 aliphatic rings. The molecule has 7 heteroatoms. The summed E-state index contributed by atoms with van der Waals surface area (Å²) >= 11 is 0. The van der Waals surface area contributed by atoms with Crippen molar-refractivity contribution in [3.05, 3.63) is 52.2 Å². The molecule has 1 aromatic heterocycles. The number of ether oxygens (including phenoxy) is 2. The highest BCUT2D eigenvalue weighted by atomic mass is 16.5. The van der Waals surface area contributed by atoms with Crippen LogP contribution in [0.3, 0.4) is 0 Å². The average Bonchev–Trinajstić information content (AvgIpc) is 2.61. The van der Waals surface area contributed by atoms with E-state index in [0.717, 1.165) is 0 Å². The van der Waals surface area contributed by atoms with E-state index in [4.69, 9.17) is 9.15 Å². The van der Waals surface area contributed by atoms with Crippen LogP contribution >= 0.6 is 0 Å². The highest BCUT2D eigenvalue weighted by Crippen LogP contribution is 2.33. The first kappa shape index (κ1) is 17.3. The Morgan fingerprint density at radius 1 is 1.12 bits per heavy atom. The second-order valence-electron chi connectivity index (χ2n) is 5.59. The molecule has 0 radical (unpaired) electrons. The summed E-state index contributed by atoms with van der Waals surface area (Å²) in [7, 11) is 2.65. The second kappa shape index (κ2) is 6.79. The number of fused-ring (bicyclic) bond motifs is 1. The standard InChI is InChI=1S/C19H16O7/c1-24-16-6-10(3-4-13(16)21)15-9-14(22)19-11(7-18(23)25-2)5-12(20)8-17(19)26-15/h3-6,8-9,20-21H,7H2,1-2H3. The van der Waals surface area contributed by atoms with E-state index in [0.29, 0.717) is 11.1 Å². The molecule has 1 heterocycles. The van der Waals surface area contributed by atoms with Crippen molar-refractivity contribution in [2.75, 3.05) is 14.2 Å². The molecule has 0 saturated carbocycles. The predicted octanol–water partition coefficient (Wildman–Crippen LogP) is 2.60. The number of carbonyl (C=O) groups is 1. The summed E-state index contributed by atoms with van der Waals surface area (Å²) in [6.07, 6.45) is -0.168. The number of hydrogen-bond donors (Lipinski definition) is 2. The molecular weight excluding hydrogens is 340 g/mol. The Kier molecular flexibility index (Phi) is 4.53. The molecular formula is C19H16O7. The number of phenolic OH excluding ortho intramolecular Hbond substituents is 2. The van der Waals surface area contributed by atoms with Crippen molar-refractivity contribution in [2.24, 2.45) is 0 Å². The lowest BCUT2D eigenvalue weighted by Crippen LogP contribution is -2.09. The molecule has 0 amide bonds. The van der Waals surface area contributed by atoms with Crippen LogP contribution in [0.15, 0.2) is 45.6 Å². The SMILES string of the molecule is COC(=O)Cc1cc(O)cc2oc(-c3ccc(O)c(OC)c3)cc(=O)c12. The van der Waals surface area contributed by atoms with Gasteiger partial charge in [0.05, 0.1) is 26.0 Å². The van der Waals surface area contributed by atoms with E-state index in [1.165, 1.54) is 44.6 Å². The zero-order valence-corrected chi connectivity index (χ0v) is 14.1. The molecule has 0 aliphatic heterocycles. The summed E-state index contributed by atoms with van der Waals surface area (Å²) in [5.74, 6) is -0.260. The van der Waals surface area contributed by atoms with E-state index in [9.17, 15) is 19.8 Å². The molecule has 2 N–H and O–H groups in total. The van der Waals surface area contributed by atoms with Crippen LogP contribution in [0, 0.1) is 0 Å². The maximum absolute atomic E-state index is 12.6. The third-order valence-electron chi connectivity index (χ3n) is 3.92. The third-order valence-corrected chi connectivity index (χ3v) is 3.92. The van der Waals surface area contributed by atoms with Crippen LogP contribution in [0.5, 0.6) is 17.2 Å². The fourth-order valence-corrected chi connectivity index (χ4v) is 2.70. The Bertz CT molecular complexity index is 1050. The Labute approximate surface area is 148 Å². The van der Waals surface area contributed by atoms with Crippen molar-refractivity contribution in [3.8, 4) is 28.6 Å². The van der Waals surface area contributed by atoms with Gasteiger partial charge >= 0.3 is 5.97 Å². The lowest BCUT2D eigenvalue weighted by Gasteiger charge is -2.09. The van der Waals surface area contributed by atoms with E-state index in [1.807, 2.05) is 0 Å². The van der Waals surface area contributed by atoms with Crippen molar-refractivity contribution in [1.82, 2.24) is 0 Å². The van der Waals surface area contributed by atoms with E-state index >= 15 is 0 Å². The van der Waals surface area contributed by atoms with Gasteiger partial charge < -0.3 is 24.1 Å². The molecule has 0 unspecified atom stereocenters. The Hall–Kier alpha value is -3.48. The molecule has 3 aromatic rings. The smallest absolute Gasteiger partial charge is 0.310 e. The van der Waals surface area contributed by atoms with Crippen molar-refractivity contribution in [1.29, 1.82) is 0 Å². The van der Waals surface area contributed by atoms with Gasteiger partial charge in [0.15, 0.2) is 16.9 Å². The van der Waals surface area contributed by atoms with Gasteiger partial charge in [0.25, 0.3) is 0 Å². The van der Waals surface area contributed by atoms with Gasteiger partial charge in [-0.3, -0.25) is 9.59 Å². The quantitative estimate of drug-likeness (QED) is 0.692. The number of hydrogen-bond acceptors (Lipinski definition) is 7. The van der Waals surface area contributed by atoms with Crippen molar-refractivity contribution in [2.45, 2.75) is 6.42 Å². The molecule has 0 atom stereocenters. The maximum atomic E-state index is 12.6. The molecule has 0 spiro atoms. The summed E-state index contributed by atoms with van der Waals surface area (Å²) in [6, 6.07) is 8.44. The largest absolute Gasteiger partial charge is 0.508 e. The minimum absolute atomic E-state index is 0.0441. The highest BCUT2D eigenvalue weighted by Gasteiger charge is 2.16. The topological polar surface area (TPSA) is 106 Å². The zero-order chi connectivity index (χ0) is 18.8. The summed E-state index contributed by atoms with van der Waals surface area (Å²) in [6.45, 7) is 0. The van der Waals surface area contributed by atoms with Crippen LogP contribution in [0.25, 0.3) is 22.3 Å². The fraction of sp³-hybridized carbons (Fsp3) is 0.158. The Balaban J connectivity index is 2.20. The van der Waals surface area contributed by atoms with Gasteiger partial charge in [-0.15, -0.1) is 0 Å². The first-order chi connectivity index (χ1) is 12.4. The number of esters is 1.